The number of fused-ring (bicyclic) bond motifs is 2. The van der Waals surface area contributed by atoms with Crippen molar-refractivity contribution in [3.05, 3.63) is 53.6 Å². The molecule has 3 N–H and O–H groups in total. The molecule has 2 aromatic carbocycles. The number of benzene rings is 2. The highest BCUT2D eigenvalue weighted by molar-refractivity contribution is 7.23. The van der Waals surface area contributed by atoms with Crippen LogP contribution in [0.15, 0.2) is 30.9 Å². The zero-order valence-corrected chi connectivity index (χ0v) is 27.2. The summed E-state index contributed by atoms with van der Waals surface area (Å²) in [5.74, 6) is -2.22. The van der Waals surface area contributed by atoms with E-state index in [0.29, 0.717) is 37.5 Å². The van der Waals surface area contributed by atoms with Crippen LogP contribution >= 0.6 is 11.3 Å². The lowest BCUT2D eigenvalue weighted by molar-refractivity contribution is -0.137. The van der Waals surface area contributed by atoms with E-state index in [1.807, 2.05) is 6.07 Å². The zero-order valence-electron chi connectivity index (χ0n) is 26.4. The molecule has 10 nitrogen and oxygen atoms in total. The van der Waals surface area contributed by atoms with Gasteiger partial charge in [-0.05, 0) is 37.6 Å². The molecule has 4 aromatic rings. The number of nitrogen functional groups attached to an aromatic ring is 1. The van der Waals surface area contributed by atoms with Crippen LogP contribution < -0.4 is 15.5 Å². The van der Waals surface area contributed by atoms with Crippen molar-refractivity contribution in [2.75, 3.05) is 54.8 Å². The second-order valence-electron chi connectivity index (χ2n) is 12.8. The first-order valence-corrected chi connectivity index (χ1v) is 16.4. The smallest absolute Gasteiger partial charge is 0.390 e. The van der Waals surface area contributed by atoms with Crippen molar-refractivity contribution in [2.45, 2.75) is 44.3 Å². The predicted octanol–water partition coefficient (Wildman–Crippen LogP) is 4.74. The van der Waals surface area contributed by atoms with E-state index >= 15 is 4.39 Å². The molecule has 2 atom stereocenters. The van der Waals surface area contributed by atoms with Gasteiger partial charge in [0, 0.05) is 73.7 Å². The maximum absolute atomic E-state index is 17.1. The van der Waals surface area contributed by atoms with E-state index < -0.39 is 41.1 Å². The van der Waals surface area contributed by atoms with E-state index in [0.717, 1.165) is 18.2 Å². The summed E-state index contributed by atoms with van der Waals surface area (Å²) in [6.07, 6.45) is -4.29. The fraction of sp³-hybridized carbons (Fsp3) is 0.394. The largest absolute Gasteiger partial charge is 0.417 e. The van der Waals surface area contributed by atoms with Crippen LogP contribution in [0.4, 0.5) is 38.7 Å². The molecule has 0 radical (unpaired) electrons. The first kappa shape index (κ1) is 32.9. The van der Waals surface area contributed by atoms with Gasteiger partial charge in [0.1, 0.15) is 28.2 Å². The molecule has 7 rings (SSSR count). The number of amides is 1. The van der Waals surface area contributed by atoms with Crippen LogP contribution in [0.1, 0.15) is 25.0 Å². The van der Waals surface area contributed by atoms with Crippen LogP contribution in [-0.2, 0) is 11.0 Å². The number of anilines is 3. The summed E-state index contributed by atoms with van der Waals surface area (Å²) >= 11 is 0.697. The Kier molecular flexibility index (Phi) is 7.92. The molecule has 256 valence electrons. The molecule has 0 spiro atoms. The van der Waals surface area contributed by atoms with Crippen molar-refractivity contribution in [1.82, 2.24) is 19.8 Å². The Hall–Kier alpha value is -4.59. The summed E-state index contributed by atoms with van der Waals surface area (Å²) in [5, 5.41) is 19.1. The Labute approximate surface area is 281 Å². The van der Waals surface area contributed by atoms with Crippen molar-refractivity contribution in [1.29, 1.82) is 5.26 Å². The zero-order chi connectivity index (χ0) is 35.1. The highest BCUT2D eigenvalue weighted by atomic mass is 32.1. The van der Waals surface area contributed by atoms with Gasteiger partial charge < -0.3 is 25.5 Å². The average molecular weight is 699 g/mol. The van der Waals surface area contributed by atoms with Gasteiger partial charge in [-0.15, -0.1) is 11.3 Å². The maximum atomic E-state index is 17.1. The molecular weight excluding hydrogens is 667 g/mol. The molecule has 3 aliphatic rings. The lowest BCUT2D eigenvalue weighted by Crippen LogP contribution is -2.67. The number of nitriles is 1. The minimum atomic E-state index is -5.09. The number of piperazine rings is 1. The number of aromatic nitrogens is 2. The third-order valence-electron chi connectivity index (χ3n) is 9.67. The number of alkyl halides is 3. The minimum Gasteiger partial charge on any atom is -0.390 e. The Morgan fingerprint density at radius 3 is 2.47 bits per heavy atom. The van der Waals surface area contributed by atoms with Crippen LogP contribution in [0.3, 0.4) is 0 Å². The molecule has 2 aromatic heterocycles. The second kappa shape index (κ2) is 11.8. The number of nitrogens with zero attached hydrogens (tertiary/aromatic N) is 7. The topological polar surface area (TPSA) is 126 Å². The Balaban J connectivity index is 1.45. The molecule has 3 aliphatic heterocycles. The number of carbonyl (C=O) groups excluding carboxylic acids is 1. The van der Waals surface area contributed by atoms with Crippen molar-refractivity contribution >= 4 is 55.0 Å². The molecule has 5 heterocycles. The lowest BCUT2D eigenvalue weighted by Gasteiger charge is -2.50. The summed E-state index contributed by atoms with van der Waals surface area (Å²) in [4.78, 5) is 29.0. The summed E-state index contributed by atoms with van der Waals surface area (Å²) in [5.41, 5.74) is 2.76. The molecule has 49 heavy (non-hydrogen) atoms. The van der Waals surface area contributed by atoms with Crippen molar-refractivity contribution < 1.29 is 31.9 Å². The fourth-order valence-corrected chi connectivity index (χ4v) is 7.99. The van der Waals surface area contributed by atoms with Gasteiger partial charge in [-0.1, -0.05) is 12.6 Å². The van der Waals surface area contributed by atoms with E-state index in [4.69, 9.17) is 10.7 Å². The number of carbonyl (C=O) groups is 1. The molecule has 3 saturated heterocycles. The molecule has 1 amide bonds. The average Bonchev–Trinajstić information content (AvgIpc) is 3.36. The number of hydrogen-bond acceptors (Lipinski definition) is 10. The molecule has 0 unspecified atom stereocenters. The number of halogens is 5. The van der Waals surface area contributed by atoms with Crippen LogP contribution in [-0.4, -0.2) is 94.3 Å². The number of likely N-dealkylation sites (tertiary alicyclic amines) is 1. The van der Waals surface area contributed by atoms with Gasteiger partial charge in [0.15, 0.2) is 5.82 Å². The summed E-state index contributed by atoms with van der Waals surface area (Å²) in [6.45, 7) is 9.51. The monoisotopic (exact) mass is 698 g/mol. The van der Waals surface area contributed by atoms with Crippen molar-refractivity contribution in [3.63, 3.8) is 0 Å². The number of rotatable bonds is 5. The number of aliphatic hydroxyl groups is 1. The van der Waals surface area contributed by atoms with Crippen molar-refractivity contribution in [2.24, 2.45) is 0 Å². The van der Waals surface area contributed by atoms with Gasteiger partial charge in [-0.2, -0.15) is 23.4 Å². The highest BCUT2D eigenvalue weighted by Crippen LogP contribution is 2.48. The first-order chi connectivity index (χ1) is 23.2. The number of hydrogen-bond donors (Lipinski definition) is 2. The predicted molar refractivity (Wildman–Crippen MR) is 176 cm³/mol. The summed E-state index contributed by atoms with van der Waals surface area (Å²) in [7, 11) is 0. The molecular formula is C33H31F5N8O2S. The minimum absolute atomic E-state index is 0.0746. The third-order valence-corrected chi connectivity index (χ3v) is 10.7. The van der Waals surface area contributed by atoms with Gasteiger partial charge in [-0.25, -0.2) is 13.8 Å². The summed E-state index contributed by atoms with van der Waals surface area (Å²) < 4.78 is 76.8. The number of nitrogens with two attached hydrogens (primary N) is 1. The summed E-state index contributed by atoms with van der Waals surface area (Å²) in [6, 6.07) is 3.87. The van der Waals surface area contributed by atoms with Gasteiger partial charge in [0.05, 0.1) is 21.9 Å². The number of aliphatic hydroxyl groups excluding tert-OH is 1. The first-order valence-electron chi connectivity index (χ1n) is 15.6. The Morgan fingerprint density at radius 1 is 1.12 bits per heavy atom. The molecule has 3 fully saturated rings. The Morgan fingerprint density at radius 2 is 1.84 bits per heavy atom. The van der Waals surface area contributed by atoms with Gasteiger partial charge >= 0.3 is 6.18 Å². The fourth-order valence-electron chi connectivity index (χ4n) is 7.04. The third kappa shape index (κ3) is 5.31. The van der Waals surface area contributed by atoms with E-state index in [1.165, 1.54) is 6.08 Å². The maximum Gasteiger partial charge on any atom is 0.417 e. The van der Waals surface area contributed by atoms with Gasteiger partial charge in [0.25, 0.3) is 0 Å². The van der Waals surface area contributed by atoms with E-state index in [1.54, 1.807) is 28.5 Å². The van der Waals surface area contributed by atoms with Crippen LogP contribution in [0.2, 0.25) is 0 Å². The molecule has 0 bridgehead atoms. The van der Waals surface area contributed by atoms with Crippen molar-refractivity contribution in [3.8, 4) is 17.2 Å². The standard InChI is InChI=1S/C33H31F5N8O2S/c1-4-24(48)45-9-16(3)46(10-15(45)2)31-20-7-22(33(36,37)38)26(19-5-6-23(34)29-25(19)21(8-39)30(40)49-29)27(35)28(20)41-32(42-31)44-11-17(12-44)43-13-18(47)14-43/h4-7,15-18,47H,1,9-14,40H2,2-3H3/t15-,16+/m1/s1. The van der Waals surface area contributed by atoms with Crippen LogP contribution in [0, 0.1) is 23.0 Å². The molecule has 0 saturated carbocycles. The van der Waals surface area contributed by atoms with Crippen LogP contribution in [0.25, 0.3) is 32.1 Å². The molecule has 0 aliphatic carbocycles. The Bertz CT molecular complexity index is 2070. The SMILES string of the molecule is C=CC(=O)N1C[C@H](C)N(c2nc(N3CC(N4CC(O)C4)C3)nc3c(F)c(-c4ccc(F)c5sc(N)c(C#N)c45)c(C(F)(F)F)cc23)C[C@H]1C. The van der Waals surface area contributed by atoms with Gasteiger partial charge in [-0.3, -0.25) is 9.69 Å². The highest BCUT2D eigenvalue weighted by Gasteiger charge is 2.42. The number of β-amino-alcohol motifs (C(OH)–C–C–N with tert-alkyl or cyclic N) is 1. The quantitative estimate of drug-likeness (QED) is 0.225. The van der Waals surface area contributed by atoms with E-state index in [2.05, 4.69) is 16.5 Å². The normalized spacial score (nSPS) is 20.8. The van der Waals surface area contributed by atoms with E-state index in [9.17, 15) is 32.7 Å². The molecule has 16 heteroatoms. The second-order valence-corrected chi connectivity index (χ2v) is 13.9. The van der Waals surface area contributed by atoms with Gasteiger partial charge in [0.2, 0.25) is 11.9 Å². The van der Waals surface area contributed by atoms with E-state index in [-0.39, 0.29) is 80.0 Å². The number of thiophene rings is 1. The lowest BCUT2D eigenvalue weighted by atomic mass is 9.92. The van der Waals surface area contributed by atoms with Crippen LogP contribution in [0.5, 0.6) is 0 Å².